The first-order valence-electron chi connectivity index (χ1n) is 16.1. The van der Waals surface area contributed by atoms with Gasteiger partial charge in [0.25, 0.3) is 0 Å². The van der Waals surface area contributed by atoms with E-state index in [1.807, 2.05) is 18.2 Å². The van der Waals surface area contributed by atoms with Gasteiger partial charge in [-0.25, -0.2) is 0 Å². The molecule has 3 aromatic rings. The van der Waals surface area contributed by atoms with Crippen molar-refractivity contribution in [2.24, 2.45) is 0 Å². The Morgan fingerprint density at radius 1 is 0.489 bits per heavy atom. The van der Waals surface area contributed by atoms with Crippen molar-refractivity contribution in [3.63, 3.8) is 0 Å². The number of methoxy groups -OCH3 is 6. The average molecular weight is 687 g/mol. The Hall–Kier alpha value is -2.71. The summed E-state index contributed by atoms with van der Waals surface area (Å²) in [6.07, 6.45) is 6.88. The first kappa shape index (κ1) is 36.8. The predicted molar refractivity (Wildman–Crippen MR) is 199 cm³/mol. The van der Waals surface area contributed by atoms with Crippen LogP contribution in [0.2, 0.25) is 18.1 Å². The molecule has 0 saturated heterocycles. The van der Waals surface area contributed by atoms with Crippen LogP contribution in [0.5, 0.6) is 34.5 Å². The zero-order chi connectivity index (χ0) is 32.5. The van der Waals surface area contributed by atoms with Crippen LogP contribution in [0.1, 0.15) is 38.5 Å². The molecule has 0 aliphatic carbocycles. The number of rotatable bonds is 22. The molecule has 7 nitrogen and oxygen atoms in total. The fraction of sp³-hybridized carbons (Fsp3) is 0.471. The smallest absolute Gasteiger partial charge is 0.160 e. The van der Waals surface area contributed by atoms with E-state index in [1.165, 1.54) is 53.0 Å². The van der Waals surface area contributed by atoms with Crippen molar-refractivity contribution < 1.29 is 32.8 Å². The Balaban J connectivity index is 1.64. The summed E-state index contributed by atoms with van der Waals surface area (Å²) < 4.78 is 40.4. The monoisotopic (exact) mass is 686 g/mol. The van der Waals surface area contributed by atoms with Gasteiger partial charge in [0.1, 0.15) is 10.5 Å². The lowest BCUT2D eigenvalue weighted by molar-refractivity contribution is 0.0485. The fourth-order valence-corrected chi connectivity index (χ4v) is 12.2. The molecule has 11 heteroatoms. The molecule has 0 saturated carbocycles. The zero-order valence-electron chi connectivity index (χ0n) is 28.5. The highest BCUT2D eigenvalue weighted by atomic mass is 28.2. The van der Waals surface area contributed by atoms with Gasteiger partial charge in [-0.15, -0.1) is 0 Å². The van der Waals surface area contributed by atoms with E-state index in [2.05, 4.69) is 36.4 Å². The van der Waals surface area contributed by atoms with Gasteiger partial charge in [-0.3, -0.25) is 0 Å². The highest BCUT2D eigenvalue weighted by molar-refractivity contribution is 6.55. The molecule has 0 N–H and O–H groups in total. The van der Waals surface area contributed by atoms with E-state index >= 15 is 0 Å². The minimum Gasteiger partial charge on any atom is -0.493 e. The highest BCUT2D eigenvalue weighted by Crippen LogP contribution is 2.32. The maximum absolute atomic E-state index is 6.59. The highest BCUT2D eigenvalue weighted by Gasteiger charge is 2.28. The Morgan fingerprint density at radius 3 is 1.04 bits per heavy atom. The van der Waals surface area contributed by atoms with E-state index in [0.717, 1.165) is 64.2 Å². The second-order valence-electron chi connectivity index (χ2n) is 11.5. The van der Waals surface area contributed by atoms with Crippen LogP contribution in [0.25, 0.3) is 0 Å². The van der Waals surface area contributed by atoms with Crippen LogP contribution < -0.4 is 44.0 Å². The lowest BCUT2D eigenvalue weighted by atomic mass is 9.88. The van der Waals surface area contributed by atoms with Crippen molar-refractivity contribution in [2.45, 2.75) is 62.3 Å². The molecular weight excluding hydrogens is 633 g/mol. The van der Waals surface area contributed by atoms with Gasteiger partial charge in [0.2, 0.25) is 0 Å². The number of hydrogen-bond donors (Lipinski definition) is 0. The molecule has 0 heterocycles. The normalized spacial score (nSPS) is 13.2. The van der Waals surface area contributed by atoms with Crippen molar-refractivity contribution >= 4 is 54.6 Å². The summed E-state index contributed by atoms with van der Waals surface area (Å²) in [4.78, 5) is 0. The molecule has 0 atom stereocenters. The van der Waals surface area contributed by atoms with Crippen molar-refractivity contribution in [3.8, 4) is 34.5 Å². The van der Waals surface area contributed by atoms with Crippen molar-refractivity contribution in [1.82, 2.24) is 0 Å². The second-order valence-corrected chi connectivity index (χ2v) is 17.8. The van der Waals surface area contributed by atoms with Crippen molar-refractivity contribution in [1.29, 1.82) is 0 Å². The van der Waals surface area contributed by atoms with E-state index < -0.39 is 28.6 Å². The van der Waals surface area contributed by atoms with Crippen molar-refractivity contribution in [3.05, 3.63) is 54.6 Å². The molecule has 45 heavy (non-hydrogen) atoms. The molecule has 248 valence electrons. The molecule has 3 rings (SSSR count). The average Bonchev–Trinajstić information content (AvgIpc) is 3.09. The first-order valence-corrected chi connectivity index (χ1v) is 22.1. The van der Waals surface area contributed by atoms with Gasteiger partial charge in [0.05, 0.1) is 76.8 Å². The van der Waals surface area contributed by atoms with Gasteiger partial charge in [0.15, 0.2) is 34.5 Å². The molecule has 0 bridgehead atoms. The largest absolute Gasteiger partial charge is 0.493 e. The molecule has 0 amide bonds. The van der Waals surface area contributed by atoms with Gasteiger partial charge in [-0.05, 0) is 53.0 Å². The van der Waals surface area contributed by atoms with Gasteiger partial charge >= 0.3 is 0 Å². The van der Waals surface area contributed by atoms with E-state index in [4.69, 9.17) is 32.8 Å². The second kappa shape index (κ2) is 19.7. The molecule has 0 fully saturated rings. The number of para-hydroxylation sites is 3. The van der Waals surface area contributed by atoms with E-state index in [1.54, 1.807) is 42.7 Å². The van der Waals surface area contributed by atoms with Crippen LogP contribution in [0.15, 0.2) is 54.6 Å². The number of ether oxygens (including phenoxy) is 6. The molecule has 0 spiro atoms. The standard InChI is InChI=1S/C34H54O7Si4/c1-35-25-13-7-16-28(31(25)38-4)43-22-10-19-34(41-42,20-11-23-44-29-17-8-14-26(36-2)32(29)39-5)21-12-24-45-30-18-9-15-27(37-3)33(30)40-6/h7-9,13-18H,10-12,19-24,43-45H2,1-6,42H3. The Bertz CT molecular complexity index is 1150. The summed E-state index contributed by atoms with van der Waals surface area (Å²) in [5.74, 6) is 5.21. The first-order chi connectivity index (χ1) is 22.0. The molecule has 0 radical (unpaired) electrons. The zero-order valence-corrected chi connectivity index (χ0v) is 34.8. The summed E-state index contributed by atoms with van der Waals surface area (Å²) in [7, 11) is 9.63. The van der Waals surface area contributed by atoms with Crippen molar-refractivity contribution in [2.75, 3.05) is 42.7 Å². The van der Waals surface area contributed by atoms with Crippen LogP contribution in [0.3, 0.4) is 0 Å². The van der Waals surface area contributed by atoms with Gasteiger partial charge in [-0.2, -0.15) is 0 Å². The topological polar surface area (TPSA) is 64.6 Å². The maximum Gasteiger partial charge on any atom is 0.160 e. The minimum absolute atomic E-state index is 0.0428. The Morgan fingerprint density at radius 2 is 0.800 bits per heavy atom. The lowest BCUT2D eigenvalue weighted by Gasteiger charge is -2.34. The summed E-state index contributed by atoms with van der Waals surface area (Å²) in [5.41, 5.74) is -0.0428. The van der Waals surface area contributed by atoms with Gasteiger partial charge in [-0.1, -0.05) is 73.8 Å². The van der Waals surface area contributed by atoms with E-state index in [9.17, 15) is 0 Å². The molecule has 0 unspecified atom stereocenters. The van der Waals surface area contributed by atoms with Crippen LogP contribution in [-0.2, 0) is 4.43 Å². The molecular formula is C34H54O7Si4. The third-order valence-electron chi connectivity index (χ3n) is 8.87. The molecule has 3 aromatic carbocycles. The van der Waals surface area contributed by atoms with Gasteiger partial charge < -0.3 is 32.8 Å². The maximum atomic E-state index is 6.59. The quantitative estimate of drug-likeness (QED) is 0.119. The summed E-state index contributed by atoms with van der Waals surface area (Å²) >= 11 is 0. The SMILES string of the molecule is COc1cccc([SiH2]CCCC(CCC[SiH2]c2cccc(OC)c2OC)(CCC[SiH2]c2cccc(OC)c2OC)O[SiH3])c1OC. The summed E-state index contributed by atoms with van der Waals surface area (Å²) in [6, 6.07) is 22.5. The predicted octanol–water partition coefficient (Wildman–Crippen LogP) is 2.15. The van der Waals surface area contributed by atoms with Crippen LogP contribution in [-0.4, -0.2) is 87.3 Å². The fourth-order valence-electron chi connectivity index (χ4n) is 6.42. The number of benzene rings is 3. The Kier molecular flexibility index (Phi) is 16.1. The van der Waals surface area contributed by atoms with Crippen LogP contribution in [0, 0.1) is 0 Å². The van der Waals surface area contributed by atoms with Crippen LogP contribution in [0.4, 0.5) is 0 Å². The van der Waals surface area contributed by atoms with Crippen LogP contribution >= 0.6 is 0 Å². The van der Waals surface area contributed by atoms with E-state index in [0.29, 0.717) is 0 Å². The third kappa shape index (κ3) is 10.4. The lowest BCUT2D eigenvalue weighted by Crippen LogP contribution is -2.33. The Labute approximate surface area is 280 Å². The molecule has 0 aliphatic rings. The molecule has 0 aliphatic heterocycles. The minimum atomic E-state index is -0.490. The van der Waals surface area contributed by atoms with E-state index in [-0.39, 0.29) is 5.60 Å². The van der Waals surface area contributed by atoms with Gasteiger partial charge in [0, 0.05) is 0 Å². The molecule has 0 aromatic heterocycles. The number of hydrogen-bond acceptors (Lipinski definition) is 7. The summed E-state index contributed by atoms with van der Waals surface area (Å²) in [5, 5.41) is 4.02. The summed E-state index contributed by atoms with van der Waals surface area (Å²) in [6.45, 7) is 0. The third-order valence-corrected chi connectivity index (χ3v) is 15.6.